The first-order chi connectivity index (χ1) is 9.58. The summed E-state index contributed by atoms with van der Waals surface area (Å²) in [6, 6.07) is 12.4. The molecule has 0 spiro atoms. The van der Waals surface area contributed by atoms with Gasteiger partial charge in [-0.1, -0.05) is 28.1 Å². The van der Waals surface area contributed by atoms with Gasteiger partial charge in [-0.3, -0.25) is 4.98 Å². The Morgan fingerprint density at radius 3 is 2.70 bits per heavy atom. The number of hydrogen-bond donors (Lipinski definition) is 1. The predicted molar refractivity (Wildman–Crippen MR) is 88.0 cm³/mol. The molecular weight excluding hydrogens is 314 g/mol. The Bertz CT molecular complexity index is 555. The van der Waals surface area contributed by atoms with Crippen molar-refractivity contribution in [2.45, 2.75) is 19.4 Å². The van der Waals surface area contributed by atoms with Crippen LogP contribution in [0.1, 0.15) is 24.2 Å². The third-order valence-corrected chi connectivity index (χ3v) is 4.03. The average molecular weight is 334 g/mol. The van der Waals surface area contributed by atoms with Crippen LogP contribution in [0.3, 0.4) is 0 Å². The summed E-state index contributed by atoms with van der Waals surface area (Å²) in [4.78, 5) is 6.57. The number of hydrogen-bond acceptors (Lipinski definition) is 3. The van der Waals surface area contributed by atoms with Crippen molar-refractivity contribution in [3.05, 3.63) is 58.3 Å². The van der Waals surface area contributed by atoms with Crippen molar-refractivity contribution in [1.82, 2.24) is 4.98 Å². The molecule has 2 aromatic rings. The zero-order chi connectivity index (χ0) is 14.5. The second-order valence-electron chi connectivity index (χ2n) is 4.99. The van der Waals surface area contributed by atoms with E-state index in [0.29, 0.717) is 0 Å². The second-order valence-corrected chi connectivity index (χ2v) is 5.84. The molecule has 0 unspecified atom stereocenters. The third kappa shape index (κ3) is 3.81. The standard InChI is InChI=1S/C16H20BrN3/c1-12(18)15-7-6-14(11-16(15)17)20(2)10-8-13-5-3-4-9-19-13/h3-7,9,11-12H,8,10,18H2,1-2H3/t12-/m0/s1. The monoisotopic (exact) mass is 333 g/mol. The molecule has 3 nitrogen and oxygen atoms in total. The molecule has 1 aromatic carbocycles. The van der Waals surface area contributed by atoms with Crippen molar-refractivity contribution >= 4 is 21.6 Å². The summed E-state index contributed by atoms with van der Waals surface area (Å²) in [5.74, 6) is 0. The molecule has 0 saturated carbocycles. The molecule has 1 aromatic heterocycles. The van der Waals surface area contributed by atoms with Crippen LogP contribution >= 0.6 is 15.9 Å². The first-order valence-corrected chi connectivity index (χ1v) is 7.53. The molecule has 0 saturated heterocycles. The van der Waals surface area contributed by atoms with Gasteiger partial charge in [0, 0.05) is 48.1 Å². The molecule has 0 amide bonds. The normalized spacial score (nSPS) is 12.2. The van der Waals surface area contributed by atoms with Gasteiger partial charge in [0.05, 0.1) is 0 Å². The maximum atomic E-state index is 5.92. The molecule has 0 fully saturated rings. The van der Waals surface area contributed by atoms with Crippen LogP contribution in [0, 0.1) is 0 Å². The SMILES string of the molecule is C[C@H](N)c1ccc(N(C)CCc2ccccn2)cc1Br. The predicted octanol–water partition coefficient (Wildman–Crippen LogP) is 3.54. The van der Waals surface area contributed by atoms with Gasteiger partial charge in [0.1, 0.15) is 0 Å². The minimum atomic E-state index is 0.0391. The quantitative estimate of drug-likeness (QED) is 0.909. The molecule has 20 heavy (non-hydrogen) atoms. The lowest BCUT2D eigenvalue weighted by atomic mass is 10.1. The number of nitrogens with two attached hydrogens (primary N) is 1. The first kappa shape index (κ1) is 15.0. The fourth-order valence-electron chi connectivity index (χ4n) is 2.08. The van der Waals surface area contributed by atoms with Gasteiger partial charge in [0.25, 0.3) is 0 Å². The topological polar surface area (TPSA) is 42.1 Å². The van der Waals surface area contributed by atoms with Crippen LogP contribution in [0.5, 0.6) is 0 Å². The maximum absolute atomic E-state index is 5.92. The van der Waals surface area contributed by atoms with E-state index < -0.39 is 0 Å². The Balaban J connectivity index is 2.02. The van der Waals surface area contributed by atoms with Gasteiger partial charge in [-0.2, -0.15) is 0 Å². The van der Waals surface area contributed by atoms with E-state index in [1.165, 1.54) is 5.69 Å². The highest BCUT2D eigenvalue weighted by molar-refractivity contribution is 9.10. The van der Waals surface area contributed by atoms with Crippen LogP contribution in [0.25, 0.3) is 0 Å². The van der Waals surface area contributed by atoms with Crippen molar-refractivity contribution in [2.24, 2.45) is 5.73 Å². The number of likely N-dealkylation sites (N-methyl/N-ethyl adjacent to an activating group) is 1. The van der Waals surface area contributed by atoms with Gasteiger partial charge in [-0.25, -0.2) is 0 Å². The van der Waals surface area contributed by atoms with Gasteiger partial charge < -0.3 is 10.6 Å². The van der Waals surface area contributed by atoms with Gasteiger partial charge in [0.15, 0.2) is 0 Å². The zero-order valence-corrected chi connectivity index (χ0v) is 13.5. The number of pyridine rings is 1. The summed E-state index contributed by atoms with van der Waals surface area (Å²) in [7, 11) is 2.09. The lowest BCUT2D eigenvalue weighted by Gasteiger charge is -2.20. The van der Waals surface area contributed by atoms with Crippen molar-refractivity contribution < 1.29 is 0 Å². The van der Waals surface area contributed by atoms with E-state index in [4.69, 9.17) is 5.73 Å². The molecule has 1 atom stereocenters. The second kappa shape index (κ2) is 6.86. The van der Waals surface area contributed by atoms with Crippen molar-refractivity contribution in [1.29, 1.82) is 0 Å². The van der Waals surface area contributed by atoms with E-state index in [-0.39, 0.29) is 6.04 Å². The highest BCUT2D eigenvalue weighted by atomic mass is 79.9. The molecule has 0 bridgehead atoms. The number of rotatable bonds is 5. The van der Waals surface area contributed by atoms with Crippen molar-refractivity contribution in [3.63, 3.8) is 0 Å². The Labute approximate surface area is 129 Å². The van der Waals surface area contributed by atoms with Crippen LogP contribution < -0.4 is 10.6 Å². The van der Waals surface area contributed by atoms with Crippen molar-refractivity contribution in [2.75, 3.05) is 18.5 Å². The van der Waals surface area contributed by atoms with Crippen molar-refractivity contribution in [3.8, 4) is 0 Å². The van der Waals surface area contributed by atoms with E-state index in [1.807, 2.05) is 25.3 Å². The van der Waals surface area contributed by atoms with Gasteiger partial charge in [-0.15, -0.1) is 0 Å². The lowest BCUT2D eigenvalue weighted by Crippen LogP contribution is -2.20. The lowest BCUT2D eigenvalue weighted by molar-refractivity contribution is 0.810. The van der Waals surface area contributed by atoms with E-state index in [1.54, 1.807) is 0 Å². The summed E-state index contributed by atoms with van der Waals surface area (Å²) in [6.07, 6.45) is 2.77. The highest BCUT2D eigenvalue weighted by Crippen LogP contribution is 2.27. The van der Waals surface area contributed by atoms with Crippen LogP contribution in [-0.2, 0) is 6.42 Å². The van der Waals surface area contributed by atoms with E-state index in [2.05, 4.69) is 57.1 Å². The molecule has 2 N–H and O–H groups in total. The molecule has 1 heterocycles. The molecule has 0 radical (unpaired) electrons. The fourth-order valence-corrected chi connectivity index (χ4v) is 2.81. The van der Waals surface area contributed by atoms with E-state index in [9.17, 15) is 0 Å². The molecular formula is C16H20BrN3. The summed E-state index contributed by atoms with van der Waals surface area (Å²) in [5, 5.41) is 0. The fraction of sp³-hybridized carbons (Fsp3) is 0.312. The number of aromatic nitrogens is 1. The van der Waals surface area contributed by atoms with Gasteiger partial charge in [0.2, 0.25) is 0 Å². The molecule has 0 aliphatic rings. The van der Waals surface area contributed by atoms with E-state index in [0.717, 1.165) is 28.7 Å². The Hall–Kier alpha value is -1.39. The van der Waals surface area contributed by atoms with Crippen LogP contribution in [-0.4, -0.2) is 18.6 Å². The number of nitrogens with zero attached hydrogens (tertiary/aromatic N) is 2. The van der Waals surface area contributed by atoms with Crippen LogP contribution in [0.4, 0.5) is 5.69 Å². The number of halogens is 1. The van der Waals surface area contributed by atoms with Gasteiger partial charge in [-0.05, 0) is 36.8 Å². The Morgan fingerprint density at radius 2 is 2.10 bits per heavy atom. The molecule has 106 valence electrons. The minimum Gasteiger partial charge on any atom is -0.374 e. The summed E-state index contributed by atoms with van der Waals surface area (Å²) >= 11 is 3.59. The minimum absolute atomic E-state index is 0.0391. The Morgan fingerprint density at radius 1 is 1.30 bits per heavy atom. The van der Waals surface area contributed by atoms with E-state index >= 15 is 0 Å². The molecule has 0 aliphatic carbocycles. The smallest absolute Gasteiger partial charge is 0.0421 e. The van der Waals surface area contributed by atoms with Crippen LogP contribution in [0.2, 0.25) is 0 Å². The number of anilines is 1. The number of benzene rings is 1. The third-order valence-electron chi connectivity index (χ3n) is 3.34. The highest BCUT2D eigenvalue weighted by Gasteiger charge is 2.08. The largest absolute Gasteiger partial charge is 0.374 e. The molecule has 2 rings (SSSR count). The zero-order valence-electron chi connectivity index (χ0n) is 11.9. The summed E-state index contributed by atoms with van der Waals surface area (Å²) in [6.45, 7) is 2.92. The molecule has 0 aliphatic heterocycles. The van der Waals surface area contributed by atoms with Crippen LogP contribution in [0.15, 0.2) is 47.1 Å². The first-order valence-electron chi connectivity index (χ1n) is 6.74. The summed E-state index contributed by atoms with van der Waals surface area (Å²) in [5.41, 5.74) is 9.35. The molecule has 4 heteroatoms. The average Bonchev–Trinajstić information content (AvgIpc) is 2.45. The Kier molecular flexibility index (Phi) is 5.15. The van der Waals surface area contributed by atoms with Gasteiger partial charge >= 0.3 is 0 Å². The maximum Gasteiger partial charge on any atom is 0.0421 e. The summed E-state index contributed by atoms with van der Waals surface area (Å²) < 4.78 is 1.06.